The second kappa shape index (κ2) is 6.13. The van der Waals surface area contributed by atoms with Gasteiger partial charge in [-0.1, -0.05) is 68.2 Å². The Labute approximate surface area is 140 Å². The van der Waals surface area contributed by atoms with Crippen LogP contribution in [0.15, 0.2) is 66.9 Å². The predicted octanol–water partition coefficient (Wildman–Crippen LogP) is 5.27. The van der Waals surface area contributed by atoms with Crippen molar-refractivity contribution < 1.29 is 0 Å². The molecule has 0 fully saturated rings. The number of hydrogen-bond donors (Lipinski definition) is 0. The molecule has 23 heavy (non-hydrogen) atoms. The number of aryl methyl sites for hydroxylation is 1. The lowest BCUT2D eigenvalue weighted by atomic mass is 9.97. The van der Waals surface area contributed by atoms with Gasteiger partial charge in [0.2, 0.25) is 0 Å². The van der Waals surface area contributed by atoms with Gasteiger partial charge in [-0.3, -0.25) is 4.98 Å². The summed E-state index contributed by atoms with van der Waals surface area (Å²) < 4.78 is 0. The van der Waals surface area contributed by atoms with Crippen molar-refractivity contribution in [2.24, 2.45) is 0 Å². The summed E-state index contributed by atoms with van der Waals surface area (Å²) in [7, 11) is -1.29. The molecule has 0 radical (unpaired) electrons. The lowest BCUT2D eigenvalue weighted by molar-refractivity contribution is 1.33. The fourth-order valence-electron chi connectivity index (χ4n) is 2.72. The van der Waals surface area contributed by atoms with Crippen molar-refractivity contribution in [1.82, 2.24) is 4.98 Å². The van der Waals surface area contributed by atoms with E-state index < -0.39 is 8.07 Å². The van der Waals surface area contributed by atoms with Gasteiger partial charge in [-0.15, -0.1) is 0 Å². The van der Waals surface area contributed by atoms with Crippen molar-refractivity contribution in [2.45, 2.75) is 26.6 Å². The van der Waals surface area contributed by atoms with Gasteiger partial charge in [-0.05, 0) is 40.9 Å². The van der Waals surface area contributed by atoms with Crippen LogP contribution in [0, 0.1) is 6.92 Å². The smallest absolute Gasteiger partial charge is 0.0796 e. The molecule has 0 amide bonds. The van der Waals surface area contributed by atoms with E-state index in [1.807, 2.05) is 0 Å². The fourth-order valence-corrected chi connectivity index (χ4v) is 3.75. The Morgan fingerprint density at radius 1 is 0.783 bits per heavy atom. The largest absolute Gasteiger partial charge is 0.256 e. The lowest BCUT2D eigenvalue weighted by Gasteiger charge is -2.16. The Hall–Kier alpha value is -2.19. The first kappa shape index (κ1) is 15.7. The monoisotopic (exact) mass is 317 g/mol. The summed E-state index contributed by atoms with van der Waals surface area (Å²) >= 11 is 0. The average Bonchev–Trinajstić information content (AvgIpc) is 2.55. The summed E-state index contributed by atoms with van der Waals surface area (Å²) in [5.41, 5.74) is 6.05. The Morgan fingerprint density at radius 3 is 2.13 bits per heavy atom. The van der Waals surface area contributed by atoms with Crippen molar-refractivity contribution in [1.29, 1.82) is 0 Å². The second-order valence-corrected chi connectivity index (χ2v) is 12.2. The van der Waals surface area contributed by atoms with E-state index in [0.29, 0.717) is 0 Å². The molecule has 1 heterocycles. The van der Waals surface area contributed by atoms with Crippen molar-refractivity contribution in [2.75, 3.05) is 0 Å². The Morgan fingerprint density at radius 2 is 1.52 bits per heavy atom. The minimum absolute atomic E-state index is 1.05. The molecule has 0 aliphatic heterocycles. The molecule has 0 aliphatic carbocycles. The summed E-state index contributed by atoms with van der Waals surface area (Å²) in [5.74, 6) is 0. The first-order chi connectivity index (χ1) is 10.9. The third kappa shape index (κ3) is 3.43. The number of benzene rings is 2. The zero-order valence-electron chi connectivity index (χ0n) is 14.3. The number of hydrogen-bond acceptors (Lipinski definition) is 1. The lowest BCUT2D eigenvalue weighted by Crippen LogP contribution is -2.37. The zero-order valence-corrected chi connectivity index (χ0v) is 15.3. The van der Waals surface area contributed by atoms with Gasteiger partial charge in [0.05, 0.1) is 13.8 Å². The molecule has 2 aromatic carbocycles. The summed E-state index contributed by atoms with van der Waals surface area (Å²) in [5, 5.41) is 1.40. The number of pyridine rings is 1. The molecular weight excluding hydrogens is 294 g/mol. The van der Waals surface area contributed by atoms with Crippen molar-refractivity contribution in [3.05, 3.63) is 72.4 Å². The molecule has 2 heteroatoms. The van der Waals surface area contributed by atoms with E-state index in [1.54, 1.807) is 0 Å². The average molecular weight is 318 g/mol. The van der Waals surface area contributed by atoms with Crippen LogP contribution in [0.5, 0.6) is 0 Å². The standard InChI is InChI=1S/C21H23NSi/c1-16-10-11-18(14-20(16)17-8-6-5-7-9-17)21-13-12-19(15-22-21)23(2,3)4/h5-15H,1-4H3. The topological polar surface area (TPSA) is 12.9 Å². The van der Waals surface area contributed by atoms with Gasteiger partial charge in [0, 0.05) is 11.8 Å². The molecule has 1 aromatic heterocycles. The number of rotatable bonds is 3. The molecule has 116 valence electrons. The van der Waals surface area contributed by atoms with Gasteiger partial charge >= 0.3 is 0 Å². The third-order valence-electron chi connectivity index (χ3n) is 4.25. The first-order valence-corrected chi connectivity index (χ1v) is 11.6. The highest BCUT2D eigenvalue weighted by molar-refractivity contribution is 6.88. The van der Waals surface area contributed by atoms with Crippen LogP contribution in [0.3, 0.4) is 0 Å². The van der Waals surface area contributed by atoms with Crippen LogP contribution in [0.2, 0.25) is 19.6 Å². The van der Waals surface area contributed by atoms with E-state index in [-0.39, 0.29) is 0 Å². The van der Waals surface area contributed by atoms with Crippen LogP contribution in [0.1, 0.15) is 5.56 Å². The predicted molar refractivity (Wildman–Crippen MR) is 103 cm³/mol. The quantitative estimate of drug-likeness (QED) is 0.600. The highest BCUT2D eigenvalue weighted by atomic mass is 28.3. The van der Waals surface area contributed by atoms with E-state index >= 15 is 0 Å². The molecule has 0 saturated carbocycles. The fraction of sp³-hybridized carbons (Fsp3) is 0.190. The Kier molecular flexibility index (Phi) is 4.18. The van der Waals surface area contributed by atoms with Crippen molar-refractivity contribution in [3.63, 3.8) is 0 Å². The van der Waals surface area contributed by atoms with Crippen LogP contribution < -0.4 is 5.19 Å². The van der Waals surface area contributed by atoms with Crippen LogP contribution >= 0.6 is 0 Å². The molecule has 0 unspecified atom stereocenters. The first-order valence-electron chi connectivity index (χ1n) is 8.08. The molecule has 1 nitrogen and oxygen atoms in total. The minimum Gasteiger partial charge on any atom is -0.256 e. The number of nitrogens with zero attached hydrogens (tertiary/aromatic N) is 1. The van der Waals surface area contributed by atoms with E-state index in [2.05, 4.69) is 93.4 Å². The molecule has 0 atom stereocenters. The normalized spacial score (nSPS) is 11.5. The van der Waals surface area contributed by atoms with E-state index in [9.17, 15) is 0 Å². The van der Waals surface area contributed by atoms with Crippen molar-refractivity contribution in [3.8, 4) is 22.4 Å². The zero-order chi connectivity index (χ0) is 16.4. The SMILES string of the molecule is Cc1ccc(-c2ccc([Si](C)(C)C)cn2)cc1-c1ccccc1. The Bertz CT molecular complexity index is 799. The molecule has 3 aromatic rings. The van der Waals surface area contributed by atoms with Crippen LogP contribution in [0.4, 0.5) is 0 Å². The maximum absolute atomic E-state index is 4.71. The number of aromatic nitrogens is 1. The van der Waals surface area contributed by atoms with E-state index in [4.69, 9.17) is 4.98 Å². The third-order valence-corrected chi connectivity index (χ3v) is 6.28. The molecule has 0 bridgehead atoms. The summed E-state index contributed by atoms with van der Waals surface area (Å²) in [6.07, 6.45) is 2.06. The van der Waals surface area contributed by atoms with Crippen LogP contribution in [-0.2, 0) is 0 Å². The van der Waals surface area contributed by atoms with E-state index in [1.165, 1.54) is 27.4 Å². The maximum atomic E-state index is 4.71. The summed E-state index contributed by atoms with van der Waals surface area (Å²) in [6.45, 7) is 9.21. The van der Waals surface area contributed by atoms with Gasteiger partial charge < -0.3 is 0 Å². The molecule has 0 spiro atoms. The van der Waals surface area contributed by atoms with Gasteiger partial charge in [0.25, 0.3) is 0 Å². The van der Waals surface area contributed by atoms with Gasteiger partial charge in [-0.25, -0.2) is 0 Å². The molecule has 0 aliphatic rings. The van der Waals surface area contributed by atoms with Gasteiger partial charge in [0.1, 0.15) is 0 Å². The van der Waals surface area contributed by atoms with Crippen molar-refractivity contribution >= 4 is 13.3 Å². The molecule has 0 N–H and O–H groups in total. The summed E-state index contributed by atoms with van der Waals surface area (Å²) in [4.78, 5) is 4.71. The van der Waals surface area contributed by atoms with Crippen LogP contribution in [-0.4, -0.2) is 13.1 Å². The maximum Gasteiger partial charge on any atom is 0.0796 e. The van der Waals surface area contributed by atoms with Crippen LogP contribution in [0.25, 0.3) is 22.4 Å². The highest BCUT2D eigenvalue weighted by Crippen LogP contribution is 2.28. The molecular formula is C21H23NSi. The molecule has 3 rings (SSSR count). The highest BCUT2D eigenvalue weighted by Gasteiger charge is 2.16. The van der Waals surface area contributed by atoms with E-state index in [0.717, 1.165) is 5.69 Å². The van der Waals surface area contributed by atoms with Gasteiger partial charge in [0.15, 0.2) is 0 Å². The summed E-state index contributed by atoms with van der Waals surface area (Å²) in [6, 6.07) is 21.6. The second-order valence-electron chi connectivity index (χ2n) is 7.08. The molecule has 0 saturated heterocycles. The Balaban J connectivity index is 2.01. The minimum atomic E-state index is -1.29. The van der Waals surface area contributed by atoms with Gasteiger partial charge in [-0.2, -0.15) is 0 Å².